The monoisotopic (exact) mass is 298 g/mol. The number of nitrogens with one attached hydrogen (secondary N) is 1. The molecule has 0 saturated heterocycles. The molecule has 0 saturated carbocycles. The van der Waals surface area contributed by atoms with E-state index in [-0.39, 0.29) is 10.7 Å². The number of fused-ring (bicyclic) bond motifs is 1. The van der Waals surface area contributed by atoms with Crippen molar-refractivity contribution in [2.75, 3.05) is 5.32 Å². The van der Waals surface area contributed by atoms with Gasteiger partial charge in [0.1, 0.15) is 17.3 Å². The number of nitrogens with zero attached hydrogens (tertiary/aromatic N) is 3. The summed E-state index contributed by atoms with van der Waals surface area (Å²) in [4.78, 5) is 23.5. The smallest absolute Gasteiger partial charge is 0.156 e. The van der Waals surface area contributed by atoms with Crippen LogP contribution in [0, 0.1) is 6.92 Å². The molecule has 6 heteroatoms. The largest absolute Gasteiger partial charge is 0.338 e. The van der Waals surface area contributed by atoms with Crippen LogP contribution in [0.5, 0.6) is 0 Å². The number of carbonyl (C=O) groups is 1. The number of halogens is 1. The third-order valence-electron chi connectivity index (χ3n) is 3.07. The number of rotatable bonds is 3. The summed E-state index contributed by atoms with van der Waals surface area (Å²) < 4.78 is 0. The molecule has 2 aromatic heterocycles. The zero-order valence-corrected chi connectivity index (χ0v) is 11.9. The second-order valence-corrected chi connectivity index (χ2v) is 4.86. The lowest BCUT2D eigenvalue weighted by Crippen LogP contribution is -2.01. The number of hydrogen-bond acceptors (Lipinski definition) is 5. The predicted octanol–water partition coefficient (Wildman–Crippen LogP) is 3.54. The Hall–Kier alpha value is -2.53. The molecule has 2 heterocycles. The van der Waals surface area contributed by atoms with Crippen molar-refractivity contribution in [1.82, 2.24) is 15.0 Å². The molecule has 1 N–H and O–H groups in total. The third-order valence-corrected chi connectivity index (χ3v) is 3.37. The Morgan fingerprint density at radius 2 is 2.05 bits per heavy atom. The number of aldehydes is 1. The van der Waals surface area contributed by atoms with E-state index in [1.807, 2.05) is 37.3 Å². The summed E-state index contributed by atoms with van der Waals surface area (Å²) >= 11 is 5.90. The van der Waals surface area contributed by atoms with Crippen molar-refractivity contribution in [3.8, 4) is 0 Å². The maximum Gasteiger partial charge on any atom is 0.156 e. The minimum atomic E-state index is 0.117. The van der Waals surface area contributed by atoms with E-state index in [4.69, 9.17) is 11.6 Å². The van der Waals surface area contributed by atoms with E-state index in [1.165, 1.54) is 6.33 Å². The molecule has 21 heavy (non-hydrogen) atoms. The van der Waals surface area contributed by atoms with E-state index in [1.54, 1.807) is 0 Å². The molecule has 5 nitrogen and oxygen atoms in total. The van der Waals surface area contributed by atoms with E-state index in [0.717, 1.165) is 22.3 Å². The highest BCUT2D eigenvalue weighted by Gasteiger charge is 2.11. The van der Waals surface area contributed by atoms with Gasteiger partial charge in [-0.1, -0.05) is 29.8 Å². The second kappa shape index (κ2) is 5.46. The van der Waals surface area contributed by atoms with Crippen LogP contribution in [0.2, 0.25) is 5.15 Å². The van der Waals surface area contributed by atoms with Crippen LogP contribution in [0.4, 0.5) is 11.5 Å². The van der Waals surface area contributed by atoms with E-state index in [0.29, 0.717) is 12.1 Å². The molecule has 0 fully saturated rings. The lowest BCUT2D eigenvalue weighted by molar-refractivity contribution is 0.112. The number of pyridine rings is 1. The van der Waals surface area contributed by atoms with Crippen LogP contribution in [-0.2, 0) is 0 Å². The van der Waals surface area contributed by atoms with Gasteiger partial charge in [0.05, 0.1) is 16.8 Å². The second-order valence-electron chi connectivity index (χ2n) is 4.50. The Kier molecular flexibility index (Phi) is 3.50. The average Bonchev–Trinajstić information content (AvgIpc) is 2.48. The lowest BCUT2D eigenvalue weighted by atomic mass is 10.1. The topological polar surface area (TPSA) is 67.8 Å². The molecule has 0 amide bonds. The van der Waals surface area contributed by atoms with Gasteiger partial charge in [0.2, 0.25) is 0 Å². The fraction of sp³-hybridized carbons (Fsp3) is 0.0667. The van der Waals surface area contributed by atoms with Crippen LogP contribution in [0.15, 0.2) is 36.7 Å². The van der Waals surface area contributed by atoms with Gasteiger partial charge >= 0.3 is 0 Å². The first-order valence-corrected chi connectivity index (χ1v) is 6.66. The number of aromatic nitrogens is 3. The van der Waals surface area contributed by atoms with Gasteiger partial charge in [0, 0.05) is 11.1 Å². The minimum Gasteiger partial charge on any atom is -0.338 e. The third kappa shape index (κ3) is 2.55. The van der Waals surface area contributed by atoms with Crippen molar-refractivity contribution in [3.63, 3.8) is 0 Å². The van der Waals surface area contributed by atoms with Gasteiger partial charge in [-0.2, -0.15) is 0 Å². The summed E-state index contributed by atoms with van der Waals surface area (Å²) in [5.74, 6) is 0.362. The van der Waals surface area contributed by atoms with E-state index in [9.17, 15) is 4.79 Å². The van der Waals surface area contributed by atoms with Crippen LogP contribution < -0.4 is 5.32 Å². The quantitative estimate of drug-likeness (QED) is 0.591. The molecule has 0 aliphatic rings. The summed E-state index contributed by atoms with van der Waals surface area (Å²) in [6.45, 7) is 1.93. The highest BCUT2D eigenvalue weighted by molar-refractivity contribution is 6.32. The van der Waals surface area contributed by atoms with Gasteiger partial charge in [-0.25, -0.2) is 9.97 Å². The Morgan fingerprint density at radius 3 is 2.86 bits per heavy atom. The first-order chi connectivity index (χ1) is 10.2. The fourth-order valence-corrected chi connectivity index (χ4v) is 2.23. The van der Waals surface area contributed by atoms with Crippen molar-refractivity contribution >= 4 is 40.3 Å². The number of hydrogen-bond donors (Lipinski definition) is 1. The summed E-state index contributed by atoms with van der Waals surface area (Å²) in [6.07, 6.45) is 1.94. The molecule has 0 atom stereocenters. The molecule has 0 radical (unpaired) electrons. The molecule has 3 rings (SSSR count). The zero-order valence-electron chi connectivity index (χ0n) is 11.2. The molecule has 1 aromatic carbocycles. The summed E-state index contributed by atoms with van der Waals surface area (Å²) in [6, 6.07) is 9.70. The summed E-state index contributed by atoms with van der Waals surface area (Å²) in [5, 5.41) is 4.22. The Bertz CT molecular complexity index is 835. The molecule has 0 spiro atoms. The molecule has 104 valence electrons. The highest BCUT2D eigenvalue weighted by atomic mass is 35.5. The first kappa shape index (κ1) is 13.5. The zero-order chi connectivity index (χ0) is 14.8. The van der Waals surface area contributed by atoms with Gasteiger partial charge < -0.3 is 5.32 Å². The molecular formula is C15H11ClN4O. The Balaban J connectivity index is 2.12. The molecular weight excluding hydrogens is 288 g/mol. The van der Waals surface area contributed by atoms with Gasteiger partial charge in [-0.15, -0.1) is 0 Å². The SMILES string of the molecule is Cc1ccc2cccc(Nc3ncnc(Cl)c3C=O)c2n1. The van der Waals surface area contributed by atoms with Gasteiger partial charge in [0.15, 0.2) is 6.29 Å². The molecule has 0 aliphatic heterocycles. The van der Waals surface area contributed by atoms with Crippen molar-refractivity contribution in [2.45, 2.75) is 6.92 Å². The molecule has 0 aliphatic carbocycles. The van der Waals surface area contributed by atoms with Gasteiger partial charge in [-0.3, -0.25) is 9.78 Å². The van der Waals surface area contributed by atoms with Crippen LogP contribution in [0.3, 0.4) is 0 Å². The minimum absolute atomic E-state index is 0.117. The number of carbonyl (C=O) groups excluding carboxylic acids is 1. The molecule has 0 bridgehead atoms. The van der Waals surface area contributed by atoms with E-state index >= 15 is 0 Å². The summed E-state index contributed by atoms with van der Waals surface area (Å²) in [7, 11) is 0. The fourth-order valence-electron chi connectivity index (χ4n) is 2.05. The van der Waals surface area contributed by atoms with Crippen LogP contribution in [-0.4, -0.2) is 21.2 Å². The number of aryl methyl sites for hydroxylation is 1. The standard InChI is InChI=1S/C15H11ClN4O/c1-9-5-6-10-3-2-4-12(13(10)19-9)20-15-11(7-21)14(16)17-8-18-15/h2-8H,1H3,(H,17,18,20). The molecule has 0 unspecified atom stereocenters. The van der Waals surface area contributed by atoms with Gasteiger partial charge in [-0.05, 0) is 19.1 Å². The van der Waals surface area contributed by atoms with Crippen molar-refractivity contribution in [3.05, 3.63) is 53.1 Å². The van der Waals surface area contributed by atoms with Crippen molar-refractivity contribution in [2.24, 2.45) is 0 Å². The Morgan fingerprint density at radius 1 is 1.19 bits per heavy atom. The molecule has 3 aromatic rings. The maximum atomic E-state index is 11.1. The lowest BCUT2D eigenvalue weighted by Gasteiger charge is -2.10. The normalized spacial score (nSPS) is 10.6. The maximum absolute atomic E-state index is 11.1. The number of para-hydroxylation sites is 1. The first-order valence-electron chi connectivity index (χ1n) is 6.28. The van der Waals surface area contributed by atoms with Crippen molar-refractivity contribution < 1.29 is 4.79 Å². The van der Waals surface area contributed by atoms with Crippen LogP contribution >= 0.6 is 11.6 Å². The van der Waals surface area contributed by atoms with Crippen LogP contribution in [0.25, 0.3) is 10.9 Å². The van der Waals surface area contributed by atoms with E-state index < -0.39 is 0 Å². The van der Waals surface area contributed by atoms with Gasteiger partial charge in [0.25, 0.3) is 0 Å². The number of benzene rings is 1. The predicted molar refractivity (Wildman–Crippen MR) is 82.2 cm³/mol. The highest BCUT2D eigenvalue weighted by Crippen LogP contribution is 2.27. The van der Waals surface area contributed by atoms with Crippen LogP contribution in [0.1, 0.15) is 16.1 Å². The average molecular weight is 299 g/mol. The van der Waals surface area contributed by atoms with E-state index in [2.05, 4.69) is 20.3 Å². The summed E-state index contributed by atoms with van der Waals surface area (Å²) in [5.41, 5.74) is 2.70. The van der Waals surface area contributed by atoms with Crippen molar-refractivity contribution in [1.29, 1.82) is 0 Å². The number of anilines is 2. The Labute approximate surface area is 126 Å².